The summed E-state index contributed by atoms with van der Waals surface area (Å²) in [6, 6.07) is 2.08. The predicted molar refractivity (Wildman–Crippen MR) is 93.4 cm³/mol. The lowest BCUT2D eigenvalue weighted by Gasteiger charge is -2.42. The van der Waals surface area contributed by atoms with Crippen LogP contribution in [0.2, 0.25) is 0 Å². The molecule has 0 bridgehead atoms. The average Bonchev–Trinajstić information content (AvgIpc) is 2.61. The summed E-state index contributed by atoms with van der Waals surface area (Å²) in [5.74, 6) is 0.873. The van der Waals surface area contributed by atoms with Crippen molar-refractivity contribution in [1.82, 2.24) is 15.3 Å². The van der Waals surface area contributed by atoms with Gasteiger partial charge in [0.05, 0.1) is 19.2 Å². The van der Waals surface area contributed by atoms with E-state index in [1.165, 1.54) is 13.3 Å². The summed E-state index contributed by atoms with van der Waals surface area (Å²) in [7, 11) is 1.46. The third-order valence-corrected chi connectivity index (χ3v) is 5.56. The zero-order valence-corrected chi connectivity index (χ0v) is 15.1. The molecule has 2 N–H and O–H groups in total. The quantitative estimate of drug-likeness (QED) is 0.794. The molecule has 5 atom stereocenters. The Morgan fingerprint density at radius 2 is 2.28 bits per heavy atom. The van der Waals surface area contributed by atoms with Gasteiger partial charge in [-0.05, 0) is 38.5 Å². The Bertz CT molecular complexity index is 692. The van der Waals surface area contributed by atoms with Crippen molar-refractivity contribution in [3.05, 3.63) is 11.8 Å². The van der Waals surface area contributed by atoms with Crippen molar-refractivity contribution < 1.29 is 9.53 Å². The first-order valence-electron chi connectivity index (χ1n) is 8.54. The first-order valence-corrected chi connectivity index (χ1v) is 8.97. The number of nitrogens with zero attached hydrogens (tertiary/aromatic N) is 3. The molecule has 1 aliphatic carbocycles. The number of hydrogen-bond donors (Lipinski definition) is 2. The standard InChI is InChI=1S/C17H22ClN5O2/c1-9(21-17-20-8-11(7-19)16(23-17)25-2)13-6-10-5-12(18)3-4-14(10)22-15(13)24/h8-10,12-14H,3-6H2,1-2H3,(H,22,24)(H,20,21,23)/t9-,10?,12?,13?,14?/m1/s1. The smallest absolute Gasteiger partial charge is 0.236 e. The molecule has 1 saturated heterocycles. The van der Waals surface area contributed by atoms with E-state index in [1.54, 1.807) is 0 Å². The van der Waals surface area contributed by atoms with Crippen molar-refractivity contribution in [2.75, 3.05) is 12.4 Å². The van der Waals surface area contributed by atoms with Gasteiger partial charge in [0.15, 0.2) is 0 Å². The van der Waals surface area contributed by atoms with E-state index < -0.39 is 0 Å². The van der Waals surface area contributed by atoms with Crippen LogP contribution in [0, 0.1) is 23.2 Å². The summed E-state index contributed by atoms with van der Waals surface area (Å²) in [4.78, 5) is 20.8. The second-order valence-corrected chi connectivity index (χ2v) is 7.41. The maximum Gasteiger partial charge on any atom is 0.236 e. The zero-order chi connectivity index (χ0) is 18.0. The molecule has 1 saturated carbocycles. The van der Waals surface area contributed by atoms with Gasteiger partial charge in [0, 0.05) is 17.5 Å². The number of anilines is 1. The number of fused-ring (bicyclic) bond motifs is 1. The van der Waals surface area contributed by atoms with Gasteiger partial charge in [-0.3, -0.25) is 4.79 Å². The lowest BCUT2D eigenvalue weighted by atomic mass is 9.74. The monoisotopic (exact) mass is 363 g/mol. The van der Waals surface area contributed by atoms with Crippen molar-refractivity contribution in [3.63, 3.8) is 0 Å². The molecule has 2 heterocycles. The van der Waals surface area contributed by atoms with E-state index in [-0.39, 0.29) is 40.7 Å². The minimum atomic E-state index is -0.173. The Hall–Kier alpha value is -2.07. The van der Waals surface area contributed by atoms with Crippen LogP contribution in [0.15, 0.2) is 6.20 Å². The minimum absolute atomic E-state index is 0.0647. The van der Waals surface area contributed by atoms with Gasteiger partial charge >= 0.3 is 0 Å². The Morgan fingerprint density at radius 1 is 1.48 bits per heavy atom. The number of carbonyl (C=O) groups is 1. The van der Waals surface area contributed by atoms with Crippen molar-refractivity contribution in [2.45, 2.75) is 50.1 Å². The minimum Gasteiger partial charge on any atom is -0.480 e. The molecule has 8 heteroatoms. The fourth-order valence-corrected chi connectivity index (χ4v) is 4.14. The fraction of sp³-hybridized carbons (Fsp3) is 0.647. The Balaban J connectivity index is 1.69. The summed E-state index contributed by atoms with van der Waals surface area (Å²) in [5.41, 5.74) is 0.273. The van der Waals surface area contributed by atoms with Crippen molar-refractivity contribution in [2.24, 2.45) is 11.8 Å². The van der Waals surface area contributed by atoms with Crippen LogP contribution in [0.1, 0.15) is 38.2 Å². The van der Waals surface area contributed by atoms with Crippen LogP contribution in [0.4, 0.5) is 5.95 Å². The first kappa shape index (κ1) is 17.7. The van der Waals surface area contributed by atoms with Crippen LogP contribution in [-0.2, 0) is 4.79 Å². The van der Waals surface area contributed by atoms with Gasteiger partial charge in [0.2, 0.25) is 17.7 Å². The predicted octanol–water partition coefficient (Wildman–Crippen LogP) is 2.07. The van der Waals surface area contributed by atoms with E-state index in [9.17, 15) is 4.79 Å². The third-order valence-electron chi connectivity index (χ3n) is 5.17. The number of aromatic nitrogens is 2. The van der Waals surface area contributed by atoms with E-state index in [2.05, 4.69) is 20.6 Å². The van der Waals surface area contributed by atoms with Crippen LogP contribution in [-0.4, -0.2) is 40.4 Å². The largest absolute Gasteiger partial charge is 0.480 e. The first-order chi connectivity index (χ1) is 12.0. The molecule has 3 rings (SSSR count). The summed E-state index contributed by atoms with van der Waals surface area (Å²) in [6.45, 7) is 1.94. The maximum atomic E-state index is 12.5. The number of carbonyl (C=O) groups excluding carboxylic acids is 1. The molecule has 1 aromatic rings. The number of alkyl halides is 1. The Kier molecular flexibility index (Phi) is 5.28. The average molecular weight is 364 g/mol. The molecule has 2 fully saturated rings. The Labute approximate surface area is 152 Å². The third kappa shape index (κ3) is 3.79. The van der Waals surface area contributed by atoms with E-state index >= 15 is 0 Å². The SMILES string of the molecule is COc1nc(N[C@H](C)C2CC3CC(Cl)CCC3NC2=O)ncc1C#N. The van der Waals surface area contributed by atoms with Gasteiger partial charge in [-0.15, -0.1) is 11.6 Å². The molecule has 4 unspecified atom stereocenters. The highest BCUT2D eigenvalue weighted by atomic mass is 35.5. The summed E-state index contributed by atoms with van der Waals surface area (Å²) < 4.78 is 5.10. The van der Waals surface area contributed by atoms with Crippen LogP contribution >= 0.6 is 11.6 Å². The van der Waals surface area contributed by atoms with Gasteiger partial charge in [-0.1, -0.05) is 0 Å². The summed E-state index contributed by atoms with van der Waals surface area (Å²) >= 11 is 6.30. The number of piperidine rings is 1. The lowest BCUT2D eigenvalue weighted by Crippen LogP contribution is -2.55. The topological polar surface area (TPSA) is 99.9 Å². The van der Waals surface area contributed by atoms with Crippen LogP contribution in [0.25, 0.3) is 0 Å². The van der Waals surface area contributed by atoms with Crippen LogP contribution in [0.3, 0.4) is 0 Å². The van der Waals surface area contributed by atoms with Crippen molar-refractivity contribution >= 4 is 23.5 Å². The molecule has 0 radical (unpaired) electrons. The van der Waals surface area contributed by atoms with Gasteiger partial charge in [0.1, 0.15) is 11.6 Å². The summed E-state index contributed by atoms with van der Waals surface area (Å²) in [5, 5.41) is 15.5. The van der Waals surface area contributed by atoms with E-state index in [4.69, 9.17) is 21.6 Å². The number of rotatable bonds is 4. The maximum absolute atomic E-state index is 12.5. The van der Waals surface area contributed by atoms with Gasteiger partial charge in [0.25, 0.3) is 0 Å². The van der Waals surface area contributed by atoms with Crippen molar-refractivity contribution in [3.8, 4) is 11.9 Å². The second-order valence-electron chi connectivity index (χ2n) is 6.79. The highest BCUT2D eigenvalue weighted by Gasteiger charge is 2.41. The number of ether oxygens (including phenoxy) is 1. The molecule has 0 aromatic carbocycles. The van der Waals surface area contributed by atoms with Crippen LogP contribution in [0.5, 0.6) is 5.88 Å². The number of nitrogens with one attached hydrogen (secondary N) is 2. The van der Waals surface area contributed by atoms with Crippen LogP contribution < -0.4 is 15.4 Å². The van der Waals surface area contributed by atoms with E-state index in [1.807, 2.05) is 13.0 Å². The normalized spacial score (nSPS) is 29.8. The van der Waals surface area contributed by atoms with Gasteiger partial charge < -0.3 is 15.4 Å². The highest BCUT2D eigenvalue weighted by molar-refractivity contribution is 6.20. The van der Waals surface area contributed by atoms with E-state index in [0.29, 0.717) is 11.9 Å². The number of hydrogen-bond acceptors (Lipinski definition) is 6. The molecule has 2 aliphatic rings. The molecule has 1 amide bonds. The van der Waals surface area contributed by atoms with E-state index in [0.717, 1.165) is 25.7 Å². The van der Waals surface area contributed by atoms with Gasteiger partial charge in [-0.2, -0.15) is 10.2 Å². The lowest BCUT2D eigenvalue weighted by molar-refractivity contribution is -0.130. The molecule has 0 spiro atoms. The molecule has 25 heavy (non-hydrogen) atoms. The van der Waals surface area contributed by atoms with Crippen molar-refractivity contribution in [1.29, 1.82) is 5.26 Å². The molecule has 134 valence electrons. The molecule has 1 aliphatic heterocycles. The Morgan fingerprint density at radius 3 is 3.00 bits per heavy atom. The molecular weight excluding hydrogens is 342 g/mol. The highest BCUT2D eigenvalue weighted by Crippen LogP contribution is 2.36. The zero-order valence-electron chi connectivity index (χ0n) is 14.3. The fourth-order valence-electron chi connectivity index (χ4n) is 3.78. The molecular formula is C17H22ClN5O2. The number of halogens is 1. The molecule has 7 nitrogen and oxygen atoms in total. The molecule has 1 aromatic heterocycles. The number of methoxy groups -OCH3 is 1. The number of amides is 1. The second kappa shape index (κ2) is 7.44. The van der Waals surface area contributed by atoms with Gasteiger partial charge in [-0.25, -0.2) is 4.98 Å². The summed E-state index contributed by atoms with van der Waals surface area (Å²) in [6.07, 6.45) is 5.07. The number of nitriles is 1.